The fourth-order valence-electron chi connectivity index (χ4n) is 3.87. The predicted octanol–water partition coefficient (Wildman–Crippen LogP) is 6.75. The molecule has 0 aliphatic heterocycles. The van der Waals surface area contributed by atoms with Gasteiger partial charge in [-0.25, -0.2) is 0 Å². The maximum absolute atomic E-state index is 10.1. The van der Waals surface area contributed by atoms with Crippen LogP contribution in [0.3, 0.4) is 0 Å². The minimum absolute atomic E-state index is 0.233. The molecule has 0 bridgehead atoms. The Morgan fingerprint density at radius 3 is 0.765 bits per heavy atom. The zero-order valence-electron chi connectivity index (χ0n) is 22.5. The second-order valence-corrected chi connectivity index (χ2v) is 9.32. The van der Waals surface area contributed by atoms with Crippen molar-refractivity contribution in [1.82, 2.24) is 0 Å². The van der Waals surface area contributed by atoms with Gasteiger partial charge >= 0.3 is 27.5 Å². The Bertz CT molecular complexity index is 368. The van der Waals surface area contributed by atoms with Crippen LogP contribution in [0.5, 0.6) is 0 Å². The van der Waals surface area contributed by atoms with Crippen molar-refractivity contribution in [3.63, 3.8) is 0 Å². The van der Waals surface area contributed by atoms with Crippen molar-refractivity contribution in [2.75, 3.05) is 0 Å². The van der Waals surface area contributed by atoms with E-state index in [1.807, 2.05) is 0 Å². The molecule has 0 amide bonds. The van der Waals surface area contributed by atoms with Gasteiger partial charge in [-0.3, -0.25) is 0 Å². The van der Waals surface area contributed by atoms with Crippen molar-refractivity contribution in [2.24, 2.45) is 0 Å². The van der Waals surface area contributed by atoms with E-state index in [4.69, 9.17) is 2.81 Å². The zero-order valence-corrected chi connectivity index (χ0v) is 25.0. The Hall–Kier alpha value is -0.377. The van der Waals surface area contributed by atoms with Gasteiger partial charge in [0.1, 0.15) is 0 Å². The Kier molecular flexibility index (Phi) is 41.7. The van der Waals surface area contributed by atoms with Gasteiger partial charge in [0, 0.05) is 11.9 Å². The van der Waals surface area contributed by atoms with E-state index in [0.717, 1.165) is 25.7 Å². The monoisotopic (exact) mass is 560 g/mol. The topological polar surface area (TPSA) is 97.3 Å². The van der Waals surface area contributed by atoms with E-state index in [0.29, 0.717) is 24.7 Å². The molecule has 0 spiro atoms. The van der Waals surface area contributed by atoms with Gasteiger partial charge in [-0.15, -0.1) is 0 Å². The molecule has 0 aliphatic rings. The molecule has 34 heavy (non-hydrogen) atoms. The van der Waals surface area contributed by atoms with Crippen LogP contribution in [0.1, 0.15) is 168 Å². The average molecular weight is 562 g/mol. The van der Waals surface area contributed by atoms with Gasteiger partial charge in [-0.05, 0) is 25.7 Å². The quantitative estimate of drug-likeness (QED) is 0.121. The molecule has 200 valence electrons. The molecule has 0 atom stereocenters. The van der Waals surface area contributed by atoms with Crippen LogP contribution in [0.4, 0.5) is 0 Å². The number of carboxylic acid groups (broad SMARTS) is 2. The van der Waals surface area contributed by atoms with Crippen molar-refractivity contribution in [2.45, 2.75) is 168 Å². The van der Waals surface area contributed by atoms with Gasteiger partial charge in [-0.1, -0.05) is 142 Å². The number of unbranched alkanes of at least 4 members (excludes halogenated alkanes) is 20. The normalized spacial score (nSPS) is 10.1. The van der Waals surface area contributed by atoms with Crippen LogP contribution in [-0.2, 0) is 37.1 Å². The summed E-state index contributed by atoms with van der Waals surface area (Å²) >= 11 is 0.300. The Balaban J connectivity index is -0.000000526. The number of carbonyl (C=O) groups excluding carboxylic acids is 2. The van der Waals surface area contributed by atoms with E-state index in [1.165, 1.54) is 116 Å². The SMILES string of the molecule is CCCCCCCCCCCCCC(=O)[O-].CCCCCCCCCCCCCC(=O)[O-].[O]=[Zr+2]. The maximum atomic E-state index is 10.1. The summed E-state index contributed by atoms with van der Waals surface area (Å²) in [6.07, 6.45) is 28.1. The second-order valence-electron chi connectivity index (χ2n) is 9.32. The van der Waals surface area contributed by atoms with Crippen molar-refractivity contribution in [3.8, 4) is 0 Å². The van der Waals surface area contributed by atoms with E-state index in [1.54, 1.807) is 0 Å². The molecule has 6 heteroatoms. The second kappa shape index (κ2) is 37.2. The van der Waals surface area contributed by atoms with Gasteiger partial charge in [0.05, 0.1) is 0 Å². The van der Waals surface area contributed by atoms with Gasteiger partial charge < -0.3 is 19.8 Å². The molecule has 0 fully saturated rings. The molecule has 5 nitrogen and oxygen atoms in total. The van der Waals surface area contributed by atoms with Crippen molar-refractivity contribution in [3.05, 3.63) is 0 Å². The van der Waals surface area contributed by atoms with Crippen molar-refractivity contribution in [1.29, 1.82) is 0 Å². The number of aliphatic carboxylic acids is 2. The summed E-state index contributed by atoms with van der Waals surface area (Å²) in [5, 5.41) is 20.3. The molecule has 0 N–H and O–H groups in total. The number of carboxylic acids is 2. The summed E-state index contributed by atoms with van der Waals surface area (Å²) in [5.74, 6) is -1.81. The summed E-state index contributed by atoms with van der Waals surface area (Å²) in [7, 11) is 0. The van der Waals surface area contributed by atoms with Gasteiger partial charge in [0.2, 0.25) is 0 Å². The number of rotatable bonds is 24. The van der Waals surface area contributed by atoms with E-state index in [-0.39, 0.29) is 12.8 Å². The van der Waals surface area contributed by atoms with Crippen LogP contribution in [0, 0.1) is 0 Å². The van der Waals surface area contributed by atoms with Gasteiger partial charge in [-0.2, -0.15) is 0 Å². The zero-order chi connectivity index (χ0) is 26.1. The molecule has 0 aromatic heterocycles. The fraction of sp³-hybridized carbons (Fsp3) is 0.929. The first-order chi connectivity index (χ1) is 16.5. The summed E-state index contributed by atoms with van der Waals surface area (Å²) in [6, 6.07) is 0. The Labute approximate surface area is 226 Å². The standard InChI is InChI=1S/2C14H28O2.O.Zr/c2*1-2-3-4-5-6-7-8-9-10-11-12-13-14(15)16;;/h2*2-13H2,1H3,(H,15,16);;/q;;;+2/p-2. The van der Waals surface area contributed by atoms with Crippen molar-refractivity contribution < 1.29 is 47.3 Å². The first-order valence-corrected chi connectivity index (χ1v) is 15.1. The molecule has 0 radical (unpaired) electrons. The van der Waals surface area contributed by atoms with E-state index < -0.39 is 11.9 Å². The van der Waals surface area contributed by atoms with Crippen LogP contribution in [0.25, 0.3) is 0 Å². The van der Waals surface area contributed by atoms with Crippen LogP contribution in [0.2, 0.25) is 0 Å². The summed E-state index contributed by atoms with van der Waals surface area (Å²) in [4.78, 5) is 20.3. The molecule has 0 aliphatic carbocycles. The fourth-order valence-corrected chi connectivity index (χ4v) is 3.87. The van der Waals surface area contributed by atoms with Crippen LogP contribution >= 0.6 is 0 Å². The first kappa shape index (κ1) is 38.2. The first-order valence-electron chi connectivity index (χ1n) is 14.1. The third kappa shape index (κ3) is 45.2. The molecule has 0 saturated heterocycles. The van der Waals surface area contributed by atoms with Crippen LogP contribution in [-0.4, -0.2) is 11.9 Å². The Morgan fingerprint density at radius 1 is 0.412 bits per heavy atom. The number of carbonyl (C=O) groups is 2. The molecule has 0 heterocycles. The Morgan fingerprint density at radius 2 is 0.588 bits per heavy atom. The van der Waals surface area contributed by atoms with Gasteiger partial charge in [0.25, 0.3) is 0 Å². The molecule has 0 aromatic rings. The van der Waals surface area contributed by atoms with E-state index >= 15 is 0 Å². The number of hydrogen-bond donors (Lipinski definition) is 0. The molecular formula is C28H54O5Zr. The number of hydrogen-bond acceptors (Lipinski definition) is 5. The van der Waals surface area contributed by atoms with Gasteiger partial charge in [0.15, 0.2) is 0 Å². The van der Waals surface area contributed by atoms with E-state index in [2.05, 4.69) is 13.8 Å². The molecule has 0 rings (SSSR count). The predicted molar refractivity (Wildman–Crippen MR) is 133 cm³/mol. The van der Waals surface area contributed by atoms with Crippen molar-refractivity contribution >= 4 is 11.9 Å². The minimum atomic E-state index is -0.907. The van der Waals surface area contributed by atoms with E-state index in [9.17, 15) is 19.8 Å². The molecular weight excluding hydrogens is 508 g/mol. The average Bonchev–Trinajstić information content (AvgIpc) is 2.82. The summed E-state index contributed by atoms with van der Waals surface area (Å²) < 4.78 is 8.34. The van der Waals surface area contributed by atoms with Crippen LogP contribution in [0.15, 0.2) is 0 Å². The summed E-state index contributed by atoms with van der Waals surface area (Å²) in [5.41, 5.74) is 0. The van der Waals surface area contributed by atoms with Crippen LogP contribution < -0.4 is 10.2 Å². The summed E-state index contributed by atoms with van der Waals surface area (Å²) in [6.45, 7) is 4.49. The third-order valence-electron chi connectivity index (χ3n) is 5.97. The third-order valence-corrected chi connectivity index (χ3v) is 5.97. The molecule has 0 unspecified atom stereocenters. The molecule has 0 saturated carbocycles. The molecule has 0 aromatic carbocycles.